The van der Waals surface area contributed by atoms with Crippen LogP contribution in [0.5, 0.6) is 0 Å². The molecule has 0 saturated carbocycles. The largest absolute Gasteiger partial charge is 0.341 e. The van der Waals surface area contributed by atoms with Crippen molar-refractivity contribution < 1.29 is 9.59 Å². The van der Waals surface area contributed by atoms with Crippen LogP contribution >= 0.6 is 35.0 Å². The highest BCUT2D eigenvalue weighted by atomic mass is 35.5. The summed E-state index contributed by atoms with van der Waals surface area (Å²) in [4.78, 5) is 23.3. The van der Waals surface area contributed by atoms with Crippen molar-refractivity contribution in [2.45, 2.75) is 12.5 Å². The lowest BCUT2D eigenvalue weighted by molar-refractivity contribution is -0.112. The first kappa shape index (κ1) is 12.7. The molecule has 17 heavy (non-hydrogen) atoms. The van der Waals surface area contributed by atoms with Crippen LogP contribution in [-0.4, -0.2) is 22.8 Å². The molecule has 0 aromatic heterocycles. The topological polar surface area (TPSA) is 46.2 Å². The molecule has 6 heteroatoms. The van der Waals surface area contributed by atoms with Gasteiger partial charge in [0, 0.05) is 10.8 Å². The Kier molecular flexibility index (Phi) is 3.97. The minimum Gasteiger partial charge on any atom is -0.341 e. The maximum Gasteiger partial charge on any atom is 0.253 e. The maximum atomic E-state index is 11.9. The van der Waals surface area contributed by atoms with Crippen molar-refractivity contribution in [3.63, 3.8) is 0 Å². The summed E-state index contributed by atoms with van der Waals surface area (Å²) in [6.07, 6.45) is 0.660. The van der Waals surface area contributed by atoms with Crippen molar-refractivity contribution in [1.29, 1.82) is 0 Å². The quantitative estimate of drug-likeness (QED) is 0.911. The first-order valence-corrected chi connectivity index (χ1v) is 6.74. The Hall–Kier alpha value is -0.710. The summed E-state index contributed by atoms with van der Waals surface area (Å²) in [6, 6.07) is 4.25. The number of hydrogen-bond donors (Lipinski definition) is 1. The van der Waals surface area contributed by atoms with Gasteiger partial charge in [-0.15, -0.1) is 0 Å². The monoisotopic (exact) mass is 289 g/mol. The van der Waals surface area contributed by atoms with Gasteiger partial charge in [-0.3, -0.25) is 9.59 Å². The van der Waals surface area contributed by atoms with Gasteiger partial charge in [-0.1, -0.05) is 35.0 Å². The lowest BCUT2D eigenvalue weighted by Crippen LogP contribution is -2.37. The molecule has 1 saturated heterocycles. The average molecular weight is 290 g/mol. The highest BCUT2D eigenvalue weighted by Gasteiger charge is 2.27. The Labute approximate surface area is 113 Å². The molecule has 1 amide bonds. The Balaban J connectivity index is 2.14. The van der Waals surface area contributed by atoms with E-state index in [0.717, 1.165) is 5.75 Å². The zero-order valence-corrected chi connectivity index (χ0v) is 11.0. The molecule has 1 fully saturated rings. The number of nitrogens with one attached hydrogen (secondary N) is 1. The van der Waals surface area contributed by atoms with Crippen LogP contribution in [0, 0.1) is 0 Å². The van der Waals surface area contributed by atoms with Crippen LogP contribution in [0.1, 0.15) is 16.8 Å². The van der Waals surface area contributed by atoms with E-state index in [1.165, 1.54) is 17.8 Å². The second-order valence-electron chi connectivity index (χ2n) is 3.61. The van der Waals surface area contributed by atoms with Gasteiger partial charge in [-0.2, -0.15) is 0 Å². The third kappa shape index (κ3) is 2.94. The standard InChI is InChI=1S/C11H9Cl2NO2S/c12-6-1-2-8(13)7(5-6)10(15)14-9-3-4-17-11(9)16/h1-2,5,9H,3-4H2,(H,14,15). The Bertz CT molecular complexity index is 479. The van der Waals surface area contributed by atoms with Crippen LogP contribution in [0.2, 0.25) is 10.0 Å². The zero-order valence-electron chi connectivity index (χ0n) is 8.70. The fourth-order valence-corrected chi connectivity index (χ4v) is 2.84. The van der Waals surface area contributed by atoms with Crippen molar-refractivity contribution >= 4 is 46.0 Å². The van der Waals surface area contributed by atoms with Crippen molar-refractivity contribution in [3.8, 4) is 0 Å². The van der Waals surface area contributed by atoms with Gasteiger partial charge in [-0.25, -0.2) is 0 Å². The predicted octanol–water partition coefficient (Wildman–Crippen LogP) is 2.76. The predicted molar refractivity (Wildman–Crippen MR) is 69.8 cm³/mol. The highest BCUT2D eigenvalue weighted by molar-refractivity contribution is 8.14. The van der Waals surface area contributed by atoms with E-state index < -0.39 is 6.04 Å². The van der Waals surface area contributed by atoms with Gasteiger partial charge in [0.1, 0.15) is 0 Å². The fraction of sp³-hybridized carbons (Fsp3) is 0.273. The van der Waals surface area contributed by atoms with Crippen LogP contribution in [-0.2, 0) is 4.79 Å². The van der Waals surface area contributed by atoms with Crippen LogP contribution < -0.4 is 5.32 Å². The van der Waals surface area contributed by atoms with E-state index in [4.69, 9.17) is 23.2 Å². The van der Waals surface area contributed by atoms with E-state index in [1.54, 1.807) is 12.1 Å². The Morgan fingerprint density at radius 1 is 1.41 bits per heavy atom. The zero-order chi connectivity index (χ0) is 12.4. The molecule has 1 unspecified atom stereocenters. The summed E-state index contributed by atoms with van der Waals surface area (Å²) in [7, 11) is 0. The molecule has 1 N–H and O–H groups in total. The van der Waals surface area contributed by atoms with Crippen molar-refractivity contribution in [3.05, 3.63) is 33.8 Å². The van der Waals surface area contributed by atoms with Crippen LogP contribution in [0.3, 0.4) is 0 Å². The number of benzene rings is 1. The number of hydrogen-bond acceptors (Lipinski definition) is 3. The Morgan fingerprint density at radius 2 is 2.18 bits per heavy atom. The second kappa shape index (κ2) is 5.29. The number of rotatable bonds is 2. The van der Waals surface area contributed by atoms with E-state index in [-0.39, 0.29) is 11.0 Å². The fourth-order valence-electron chi connectivity index (χ4n) is 1.53. The van der Waals surface area contributed by atoms with Crippen LogP contribution in [0.15, 0.2) is 18.2 Å². The molecule has 1 heterocycles. The van der Waals surface area contributed by atoms with E-state index >= 15 is 0 Å². The highest BCUT2D eigenvalue weighted by Crippen LogP contribution is 2.23. The van der Waals surface area contributed by atoms with Gasteiger partial charge in [-0.05, 0) is 24.6 Å². The number of halogens is 2. The molecule has 1 aromatic rings. The lowest BCUT2D eigenvalue weighted by atomic mass is 10.2. The Morgan fingerprint density at radius 3 is 2.82 bits per heavy atom. The second-order valence-corrected chi connectivity index (χ2v) is 5.55. The first-order valence-electron chi connectivity index (χ1n) is 5.00. The summed E-state index contributed by atoms with van der Waals surface area (Å²) in [5, 5.41) is 3.42. The molecule has 1 aliphatic heterocycles. The van der Waals surface area contributed by atoms with Crippen LogP contribution in [0.4, 0.5) is 0 Å². The maximum absolute atomic E-state index is 11.9. The molecule has 3 nitrogen and oxygen atoms in total. The van der Waals surface area contributed by atoms with Gasteiger partial charge in [0.25, 0.3) is 5.91 Å². The van der Waals surface area contributed by atoms with Crippen molar-refractivity contribution in [1.82, 2.24) is 5.32 Å². The first-order chi connectivity index (χ1) is 8.08. The smallest absolute Gasteiger partial charge is 0.253 e. The SMILES string of the molecule is O=C(NC1CCSC1=O)c1cc(Cl)ccc1Cl. The molecule has 0 bridgehead atoms. The summed E-state index contributed by atoms with van der Waals surface area (Å²) in [5.41, 5.74) is 0.295. The molecular formula is C11H9Cl2NO2S. The van der Waals surface area contributed by atoms with Gasteiger partial charge in [0.15, 0.2) is 0 Å². The molecule has 0 radical (unpaired) electrons. The summed E-state index contributed by atoms with van der Waals surface area (Å²) in [6.45, 7) is 0. The summed E-state index contributed by atoms with van der Waals surface area (Å²) in [5.74, 6) is 0.380. The molecule has 90 valence electrons. The van der Waals surface area contributed by atoms with E-state index in [9.17, 15) is 9.59 Å². The van der Waals surface area contributed by atoms with Gasteiger partial charge >= 0.3 is 0 Å². The summed E-state index contributed by atoms with van der Waals surface area (Å²) < 4.78 is 0. The van der Waals surface area contributed by atoms with Gasteiger partial charge in [0.05, 0.1) is 16.6 Å². The van der Waals surface area contributed by atoms with Crippen molar-refractivity contribution in [2.75, 3.05) is 5.75 Å². The molecule has 0 aliphatic carbocycles. The molecular weight excluding hydrogens is 281 g/mol. The number of carbonyl (C=O) groups excluding carboxylic acids is 2. The van der Waals surface area contributed by atoms with E-state index in [1.807, 2.05) is 0 Å². The lowest BCUT2D eigenvalue weighted by Gasteiger charge is -2.11. The number of amides is 1. The molecule has 1 aromatic carbocycles. The minimum atomic E-state index is -0.414. The third-order valence-electron chi connectivity index (χ3n) is 2.41. The van der Waals surface area contributed by atoms with Gasteiger partial charge in [0.2, 0.25) is 5.12 Å². The normalized spacial score (nSPS) is 19.4. The summed E-state index contributed by atoms with van der Waals surface area (Å²) >= 11 is 12.9. The van der Waals surface area contributed by atoms with Crippen LogP contribution in [0.25, 0.3) is 0 Å². The average Bonchev–Trinajstić information content (AvgIpc) is 2.68. The third-order valence-corrected chi connectivity index (χ3v) is 3.99. The number of thioether (sulfide) groups is 1. The van der Waals surface area contributed by atoms with Crippen molar-refractivity contribution in [2.24, 2.45) is 0 Å². The van der Waals surface area contributed by atoms with E-state index in [0.29, 0.717) is 22.0 Å². The minimum absolute atomic E-state index is 0.00324. The molecule has 0 spiro atoms. The molecule has 1 atom stereocenters. The van der Waals surface area contributed by atoms with Gasteiger partial charge < -0.3 is 5.32 Å². The molecule has 1 aliphatic rings. The van der Waals surface area contributed by atoms with E-state index in [2.05, 4.69) is 5.32 Å². The number of carbonyl (C=O) groups is 2. The molecule has 2 rings (SSSR count).